The van der Waals surface area contributed by atoms with Crippen LogP contribution in [0, 0.1) is 0 Å². The van der Waals surface area contributed by atoms with Gasteiger partial charge in [-0.3, -0.25) is 0 Å². The molecule has 61 valence electrons. The molecule has 0 saturated heterocycles. The Kier molecular flexibility index (Phi) is 4.85. The second-order valence-electron chi connectivity index (χ2n) is 1.28. The van der Waals surface area contributed by atoms with Gasteiger partial charge in [0.05, 0.1) is 0 Å². The third kappa shape index (κ3) is 3.44. The van der Waals surface area contributed by atoms with Crippen LogP contribution < -0.4 is 0 Å². The van der Waals surface area contributed by atoms with Crippen LogP contribution >= 0.6 is 70.6 Å². The van der Waals surface area contributed by atoms with Crippen molar-refractivity contribution in [2.75, 3.05) is 5.94 Å². The quantitative estimate of drug-likeness (QED) is 0.691. The zero-order chi connectivity index (χ0) is 8.41. The third-order valence-electron chi connectivity index (χ3n) is 0.570. The van der Waals surface area contributed by atoms with Crippen molar-refractivity contribution in [2.24, 2.45) is 0 Å². The van der Waals surface area contributed by atoms with Gasteiger partial charge >= 0.3 is 0 Å². The first kappa shape index (κ1) is 11.8. The van der Waals surface area contributed by atoms with Crippen molar-refractivity contribution in [2.45, 2.75) is 8.31 Å². The van der Waals surface area contributed by atoms with E-state index in [-0.39, 0.29) is 5.94 Å². The molecule has 0 aliphatic rings. The SMILES string of the molecule is [S]COC(Cl)(Cl)C(Cl)(Cl)Cl. The summed E-state index contributed by atoms with van der Waals surface area (Å²) in [6.07, 6.45) is 0. The molecule has 0 aliphatic carbocycles. The number of hydrogen-bond acceptors (Lipinski definition) is 1. The number of ether oxygens (including phenoxy) is 1. The standard InChI is InChI=1S/C3H2Cl5OS/c4-2(5,6)3(7,8)9-1-10/h1H2. The Morgan fingerprint density at radius 3 is 1.60 bits per heavy atom. The van der Waals surface area contributed by atoms with Crippen LogP contribution in [-0.4, -0.2) is 14.3 Å². The molecule has 0 saturated carbocycles. The molecule has 0 unspecified atom stereocenters. The molecule has 0 amide bonds. The Hall–Kier alpha value is 1.76. The fraction of sp³-hybridized carbons (Fsp3) is 1.00. The molecule has 0 fully saturated rings. The van der Waals surface area contributed by atoms with Crippen molar-refractivity contribution in [1.82, 2.24) is 0 Å². The van der Waals surface area contributed by atoms with E-state index in [0.717, 1.165) is 0 Å². The Labute approximate surface area is 89.3 Å². The van der Waals surface area contributed by atoms with E-state index in [1.807, 2.05) is 0 Å². The molecular formula is C3H2Cl5OS. The van der Waals surface area contributed by atoms with Gasteiger partial charge in [-0.2, -0.15) is 0 Å². The molecule has 0 aliphatic heterocycles. The van der Waals surface area contributed by atoms with Crippen LogP contribution in [0.5, 0.6) is 0 Å². The van der Waals surface area contributed by atoms with Crippen LogP contribution in [0.3, 0.4) is 0 Å². The normalized spacial score (nSPS) is 13.8. The van der Waals surface area contributed by atoms with Gasteiger partial charge in [0.2, 0.25) is 3.79 Å². The van der Waals surface area contributed by atoms with E-state index < -0.39 is 8.31 Å². The average molecular weight is 263 g/mol. The van der Waals surface area contributed by atoms with Crippen molar-refractivity contribution < 1.29 is 4.74 Å². The van der Waals surface area contributed by atoms with Crippen molar-refractivity contribution in [1.29, 1.82) is 0 Å². The van der Waals surface area contributed by atoms with Crippen LogP contribution in [0.25, 0.3) is 0 Å². The monoisotopic (exact) mass is 261 g/mol. The highest BCUT2D eigenvalue weighted by Gasteiger charge is 2.47. The van der Waals surface area contributed by atoms with E-state index in [9.17, 15) is 0 Å². The maximum Gasteiger partial charge on any atom is 0.266 e. The van der Waals surface area contributed by atoms with E-state index in [1.54, 1.807) is 0 Å². The maximum atomic E-state index is 5.39. The minimum Gasteiger partial charge on any atom is -0.331 e. The smallest absolute Gasteiger partial charge is 0.266 e. The molecule has 0 aromatic carbocycles. The van der Waals surface area contributed by atoms with Crippen LogP contribution in [-0.2, 0) is 4.74 Å². The van der Waals surface area contributed by atoms with Gasteiger partial charge in [0, 0.05) is 0 Å². The molecule has 0 spiro atoms. The molecule has 0 atom stereocenters. The fourth-order valence-corrected chi connectivity index (χ4v) is 0.735. The van der Waals surface area contributed by atoms with Crippen molar-refractivity contribution in [3.8, 4) is 0 Å². The number of alkyl halides is 5. The highest BCUT2D eigenvalue weighted by molar-refractivity contribution is 7.80. The molecule has 0 heterocycles. The molecule has 0 aromatic heterocycles. The van der Waals surface area contributed by atoms with E-state index in [4.69, 9.17) is 58.0 Å². The number of rotatable bonds is 2. The number of hydrogen-bond donors (Lipinski definition) is 0. The molecule has 1 nitrogen and oxygen atoms in total. The van der Waals surface area contributed by atoms with Gasteiger partial charge in [0.25, 0.3) is 4.52 Å². The van der Waals surface area contributed by atoms with E-state index in [0.29, 0.717) is 0 Å². The minimum atomic E-state index is -1.89. The first-order valence-corrected chi connectivity index (χ1v) is 4.44. The summed E-state index contributed by atoms with van der Waals surface area (Å²) in [5.41, 5.74) is 0. The lowest BCUT2D eigenvalue weighted by Gasteiger charge is -2.25. The maximum absolute atomic E-state index is 5.39. The van der Waals surface area contributed by atoms with Gasteiger partial charge < -0.3 is 4.74 Å². The Bertz CT molecular complexity index is 110. The average Bonchev–Trinajstić information content (AvgIpc) is 1.61. The van der Waals surface area contributed by atoms with Crippen LogP contribution in [0.1, 0.15) is 0 Å². The van der Waals surface area contributed by atoms with Crippen molar-refractivity contribution in [3.05, 3.63) is 0 Å². The first-order chi connectivity index (χ1) is 4.31. The largest absolute Gasteiger partial charge is 0.331 e. The predicted molar refractivity (Wildman–Crippen MR) is 48.3 cm³/mol. The van der Waals surface area contributed by atoms with Crippen LogP contribution in [0.4, 0.5) is 0 Å². The van der Waals surface area contributed by atoms with Gasteiger partial charge in [0.15, 0.2) is 0 Å². The number of halogens is 5. The zero-order valence-electron chi connectivity index (χ0n) is 4.41. The highest BCUT2D eigenvalue weighted by Crippen LogP contribution is 2.46. The lowest BCUT2D eigenvalue weighted by molar-refractivity contribution is 0.123. The van der Waals surface area contributed by atoms with Crippen molar-refractivity contribution >= 4 is 70.6 Å². The summed E-state index contributed by atoms with van der Waals surface area (Å²) < 4.78 is 0.774. The Morgan fingerprint density at radius 1 is 1.10 bits per heavy atom. The molecule has 0 bridgehead atoms. The molecule has 0 aromatic rings. The van der Waals surface area contributed by atoms with Crippen LogP contribution in [0.15, 0.2) is 0 Å². The molecule has 1 radical (unpaired) electrons. The highest BCUT2D eigenvalue weighted by atomic mass is 35.6. The second kappa shape index (κ2) is 4.13. The van der Waals surface area contributed by atoms with Gasteiger partial charge in [-0.05, 0) is 0 Å². The predicted octanol–water partition coefficient (Wildman–Crippen LogP) is 3.66. The lowest BCUT2D eigenvalue weighted by atomic mass is 10.8. The molecule has 7 heteroatoms. The lowest BCUT2D eigenvalue weighted by Crippen LogP contribution is -2.33. The summed E-state index contributed by atoms with van der Waals surface area (Å²) in [5, 5.41) is 0. The van der Waals surface area contributed by atoms with E-state index in [1.165, 1.54) is 0 Å². The summed E-state index contributed by atoms with van der Waals surface area (Å²) in [5.74, 6) is -0.138. The third-order valence-corrected chi connectivity index (χ3v) is 2.85. The summed E-state index contributed by atoms with van der Waals surface area (Å²) in [6, 6.07) is 0. The summed E-state index contributed by atoms with van der Waals surface area (Å²) in [4.78, 5) is 0. The molecule has 0 rings (SSSR count). The van der Waals surface area contributed by atoms with Gasteiger partial charge in [0.1, 0.15) is 5.94 Å². The topological polar surface area (TPSA) is 9.23 Å². The summed E-state index contributed by atoms with van der Waals surface area (Å²) in [7, 11) is 0. The molecule has 0 N–H and O–H groups in total. The van der Waals surface area contributed by atoms with Crippen LogP contribution in [0.2, 0.25) is 0 Å². The first-order valence-electron chi connectivity index (χ1n) is 1.98. The summed E-state index contributed by atoms with van der Waals surface area (Å²) >= 11 is 31.1. The van der Waals surface area contributed by atoms with Gasteiger partial charge in [-0.1, -0.05) is 70.6 Å². The second-order valence-corrected chi connectivity index (χ2v) is 5.05. The zero-order valence-corrected chi connectivity index (χ0v) is 9.01. The fourth-order valence-electron chi connectivity index (χ4n) is 0.156. The van der Waals surface area contributed by atoms with E-state index >= 15 is 0 Å². The molecule has 10 heavy (non-hydrogen) atoms. The van der Waals surface area contributed by atoms with Gasteiger partial charge in [-0.15, -0.1) is 0 Å². The summed E-state index contributed by atoms with van der Waals surface area (Å²) in [6.45, 7) is 0. The van der Waals surface area contributed by atoms with E-state index in [2.05, 4.69) is 17.4 Å². The van der Waals surface area contributed by atoms with Gasteiger partial charge in [-0.25, -0.2) is 0 Å². The molecular weight excluding hydrogens is 261 g/mol. The Morgan fingerprint density at radius 2 is 1.50 bits per heavy atom. The Balaban J connectivity index is 4.10. The minimum absolute atomic E-state index is 0.138. The van der Waals surface area contributed by atoms with Crippen molar-refractivity contribution in [3.63, 3.8) is 0 Å².